The Bertz CT molecular complexity index is 418. The van der Waals surface area contributed by atoms with Gasteiger partial charge in [-0.1, -0.05) is 6.92 Å². The minimum Gasteiger partial charge on any atom is -0.395 e. The summed E-state index contributed by atoms with van der Waals surface area (Å²) in [6.07, 6.45) is 0.916. The van der Waals surface area contributed by atoms with E-state index in [0.717, 1.165) is 24.3 Å². The molecule has 0 heterocycles. The summed E-state index contributed by atoms with van der Waals surface area (Å²) in [7, 11) is 0. The molecule has 0 fully saturated rings. The lowest BCUT2D eigenvalue weighted by molar-refractivity contribution is -0.384. The molecule has 0 saturated heterocycles. The second kappa shape index (κ2) is 7.58. The van der Waals surface area contributed by atoms with Gasteiger partial charge in [0.15, 0.2) is 0 Å². The van der Waals surface area contributed by atoms with Crippen molar-refractivity contribution >= 4 is 17.1 Å². The first-order valence-corrected chi connectivity index (χ1v) is 6.51. The van der Waals surface area contributed by atoms with Gasteiger partial charge >= 0.3 is 0 Å². The molecule has 106 valence electrons. The van der Waals surface area contributed by atoms with E-state index in [4.69, 9.17) is 5.11 Å². The molecule has 2 N–H and O–H groups in total. The summed E-state index contributed by atoms with van der Waals surface area (Å²) >= 11 is 0. The molecule has 6 nitrogen and oxygen atoms in total. The highest BCUT2D eigenvalue weighted by Gasteiger charge is 2.13. The molecule has 0 aromatic heterocycles. The monoisotopic (exact) mass is 267 g/mol. The molecule has 1 rings (SSSR count). The zero-order valence-corrected chi connectivity index (χ0v) is 11.4. The predicted octanol–water partition coefficient (Wildman–Crippen LogP) is 2.24. The van der Waals surface area contributed by atoms with Crippen LogP contribution >= 0.6 is 0 Å². The van der Waals surface area contributed by atoms with Crippen molar-refractivity contribution in [2.45, 2.75) is 20.3 Å². The standard InChI is InChI=1S/C13H21N3O3/c1-3-5-15(6-7-17)12-8-11(14-4-2)9-13(10-12)16(18)19/h8-10,14,17H,3-7H2,1-2H3. The molecule has 1 aromatic rings. The average Bonchev–Trinajstić information content (AvgIpc) is 2.38. The topological polar surface area (TPSA) is 78.6 Å². The number of hydrogen-bond acceptors (Lipinski definition) is 5. The van der Waals surface area contributed by atoms with Crippen LogP contribution in [0.4, 0.5) is 17.1 Å². The zero-order chi connectivity index (χ0) is 14.3. The fraction of sp³-hybridized carbons (Fsp3) is 0.538. The summed E-state index contributed by atoms with van der Waals surface area (Å²) in [5.74, 6) is 0. The number of non-ortho nitro benzene ring substituents is 1. The van der Waals surface area contributed by atoms with Crippen LogP contribution in [0.5, 0.6) is 0 Å². The number of nitro groups is 1. The average molecular weight is 267 g/mol. The van der Waals surface area contributed by atoms with Crippen LogP contribution in [0.1, 0.15) is 20.3 Å². The van der Waals surface area contributed by atoms with Crippen molar-refractivity contribution in [3.63, 3.8) is 0 Å². The fourth-order valence-corrected chi connectivity index (χ4v) is 1.95. The third-order valence-electron chi connectivity index (χ3n) is 2.72. The Morgan fingerprint density at radius 1 is 1.32 bits per heavy atom. The van der Waals surface area contributed by atoms with Crippen molar-refractivity contribution in [3.05, 3.63) is 28.3 Å². The van der Waals surface area contributed by atoms with Crippen LogP contribution in [0.25, 0.3) is 0 Å². The van der Waals surface area contributed by atoms with Gasteiger partial charge in [-0.15, -0.1) is 0 Å². The molecule has 0 amide bonds. The van der Waals surface area contributed by atoms with E-state index in [1.807, 2.05) is 24.8 Å². The lowest BCUT2D eigenvalue weighted by Gasteiger charge is -2.23. The largest absolute Gasteiger partial charge is 0.395 e. The van der Waals surface area contributed by atoms with Crippen molar-refractivity contribution < 1.29 is 10.0 Å². The first kappa shape index (κ1) is 15.2. The summed E-state index contributed by atoms with van der Waals surface area (Å²) in [6, 6.07) is 4.95. The van der Waals surface area contributed by atoms with Crippen molar-refractivity contribution in [2.75, 3.05) is 36.5 Å². The van der Waals surface area contributed by atoms with Gasteiger partial charge in [0.25, 0.3) is 5.69 Å². The van der Waals surface area contributed by atoms with Gasteiger partial charge in [0.05, 0.1) is 11.5 Å². The van der Waals surface area contributed by atoms with Gasteiger partial charge in [-0.2, -0.15) is 0 Å². The van der Waals surface area contributed by atoms with E-state index in [1.165, 1.54) is 6.07 Å². The number of hydrogen-bond donors (Lipinski definition) is 2. The number of nitrogens with one attached hydrogen (secondary N) is 1. The Kier molecular flexibility index (Phi) is 6.08. The highest BCUT2D eigenvalue weighted by atomic mass is 16.6. The molecule has 0 spiro atoms. The van der Waals surface area contributed by atoms with Crippen LogP contribution in [0.15, 0.2) is 18.2 Å². The van der Waals surface area contributed by atoms with Crippen molar-refractivity contribution in [1.82, 2.24) is 0 Å². The number of nitrogens with zero attached hydrogens (tertiary/aromatic N) is 2. The van der Waals surface area contributed by atoms with Crippen LogP contribution in [-0.2, 0) is 0 Å². The molecular weight excluding hydrogens is 246 g/mol. The molecule has 0 aliphatic rings. The van der Waals surface area contributed by atoms with Crippen LogP contribution < -0.4 is 10.2 Å². The lowest BCUT2D eigenvalue weighted by Crippen LogP contribution is -2.27. The Hall–Kier alpha value is -1.82. The van der Waals surface area contributed by atoms with Crippen LogP contribution in [0, 0.1) is 10.1 Å². The minimum absolute atomic E-state index is 0.0270. The summed E-state index contributed by atoms with van der Waals surface area (Å²) in [4.78, 5) is 12.5. The zero-order valence-electron chi connectivity index (χ0n) is 11.4. The minimum atomic E-state index is -0.395. The van der Waals surface area contributed by atoms with E-state index in [0.29, 0.717) is 13.1 Å². The summed E-state index contributed by atoms with van der Waals surface area (Å²) in [6.45, 7) is 5.93. The van der Waals surface area contributed by atoms with E-state index >= 15 is 0 Å². The quantitative estimate of drug-likeness (QED) is 0.558. The summed E-state index contributed by atoms with van der Waals surface area (Å²) in [5, 5.41) is 23.1. The number of aliphatic hydroxyl groups excluding tert-OH is 1. The van der Waals surface area contributed by atoms with Gasteiger partial charge < -0.3 is 15.3 Å². The van der Waals surface area contributed by atoms with Crippen LogP contribution in [0.3, 0.4) is 0 Å². The third-order valence-corrected chi connectivity index (χ3v) is 2.72. The van der Waals surface area contributed by atoms with E-state index in [9.17, 15) is 10.1 Å². The number of nitro benzene ring substituents is 1. The van der Waals surface area contributed by atoms with Gasteiger partial charge in [0.2, 0.25) is 0 Å². The maximum Gasteiger partial charge on any atom is 0.273 e. The van der Waals surface area contributed by atoms with Gasteiger partial charge in [-0.05, 0) is 19.4 Å². The van der Waals surface area contributed by atoms with Crippen molar-refractivity contribution in [2.24, 2.45) is 0 Å². The normalized spacial score (nSPS) is 10.3. The third kappa shape index (κ3) is 4.40. The number of rotatable bonds is 8. The van der Waals surface area contributed by atoms with E-state index in [2.05, 4.69) is 5.32 Å². The van der Waals surface area contributed by atoms with Crippen molar-refractivity contribution in [3.8, 4) is 0 Å². The van der Waals surface area contributed by atoms with E-state index < -0.39 is 4.92 Å². The first-order chi connectivity index (χ1) is 9.12. The smallest absolute Gasteiger partial charge is 0.273 e. The maximum absolute atomic E-state index is 11.0. The molecular formula is C13H21N3O3. The number of aliphatic hydroxyl groups is 1. The molecule has 0 aliphatic carbocycles. The Morgan fingerprint density at radius 3 is 2.58 bits per heavy atom. The molecule has 0 aliphatic heterocycles. The van der Waals surface area contributed by atoms with Crippen molar-refractivity contribution in [1.29, 1.82) is 0 Å². The molecule has 0 bridgehead atoms. The van der Waals surface area contributed by atoms with E-state index in [1.54, 1.807) is 6.07 Å². The molecule has 0 saturated carbocycles. The second-order valence-corrected chi connectivity index (χ2v) is 4.24. The Morgan fingerprint density at radius 2 is 2.05 bits per heavy atom. The molecule has 19 heavy (non-hydrogen) atoms. The molecule has 0 unspecified atom stereocenters. The lowest BCUT2D eigenvalue weighted by atomic mass is 10.2. The second-order valence-electron chi connectivity index (χ2n) is 4.24. The van der Waals surface area contributed by atoms with Crippen LogP contribution in [-0.4, -0.2) is 36.3 Å². The van der Waals surface area contributed by atoms with E-state index in [-0.39, 0.29) is 12.3 Å². The highest BCUT2D eigenvalue weighted by Crippen LogP contribution is 2.27. The summed E-state index contributed by atoms with van der Waals surface area (Å²) in [5.41, 5.74) is 1.55. The predicted molar refractivity (Wildman–Crippen MR) is 76.8 cm³/mol. The fourth-order valence-electron chi connectivity index (χ4n) is 1.95. The summed E-state index contributed by atoms with van der Waals surface area (Å²) < 4.78 is 0. The molecule has 6 heteroatoms. The Balaban J connectivity index is 3.11. The van der Waals surface area contributed by atoms with Crippen LogP contribution in [0.2, 0.25) is 0 Å². The van der Waals surface area contributed by atoms with Gasteiger partial charge in [0.1, 0.15) is 0 Å². The first-order valence-electron chi connectivity index (χ1n) is 6.51. The molecule has 1 aromatic carbocycles. The van der Waals surface area contributed by atoms with Gasteiger partial charge in [0, 0.05) is 43.1 Å². The molecule has 0 atom stereocenters. The maximum atomic E-state index is 11.0. The SMILES string of the molecule is CCCN(CCO)c1cc(NCC)cc([N+](=O)[O-])c1. The Labute approximate surface area is 113 Å². The van der Waals surface area contributed by atoms with Gasteiger partial charge in [-0.25, -0.2) is 0 Å². The van der Waals surface area contributed by atoms with Gasteiger partial charge in [-0.3, -0.25) is 10.1 Å². The molecule has 0 radical (unpaired) electrons. The number of anilines is 2. The highest BCUT2D eigenvalue weighted by molar-refractivity contribution is 5.64. The number of benzene rings is 1.